The van der Waals surface area contributed by atoms with Crippen LogP contribution in [0.2, 0.25) is 0 Å². The highest BCUT2D eigenvalue weighted by Gasteiger charge is 2.11. The molecule has 0 atom stereocenters. The summed E-state index contributed by atoms with van der Waals surface area (Å²) in [6.07, 6.45) is 0.899. The zero-order valence-electron chi connectivity index (χ0n) is 6.37. The number of rotatable bonds is 2. The Balaban J connectivity index is 2.98. The topological polar surface area (TPSA) is 47.0 Å². The minimum absolute atomic E-state index is 0.0242. The van der Waals surface area contributed by atoms with Crippen LogP contribution >= 0.6 is 0 Å². The number of hydrogen-bond acceptors (Lipinski definition) is 3. The van der Waals surface area contributed by atoms with Gasteiger partial charge in [0, 0.05) is 6.92 Å². The summed E-state index contributed by atoms with van der Waals surface area (Å²) in [5.74, 6) is -1.83. The van der Waals surface area contributed by atoms with Crippen molar-refractivity contribution in [3.05, 3.63) is 29.8 Å². The van der Waals surface area contributed by atoms with E-state index in [1.807, 2.05) is 0 Å². The molecule has 12 heavy (non-hydrogen) atoms. The Morgan fingerprint density at radius 2 is 2.08 bits per heavy atom. The van der Waals surface area contributed by atoms with E-state index in [0.29, 0.717) is 0 Å². The smallest absolute Gasteiger partial charge is 0.246 e. The highest BCUT2D eigenvalue weighted by molar-refractivity contribution is 6.42. The standard InChI is InChI=1S/C8H6FNO2/c1-5(11)8(12)7-3-2-6(9)4-10-7/h2-4H,1H3. The van der Waals surface area contributed by atoms with Gasteiger partial charge in [-0.05, 0) is 12.1 Å². The molecule has 3 nitrogen and oxygen atoms in total. The summed E-state index contributed by atoms with van der Waals surface area (Å²) in [4.78, 5) is 24.9. The maximum atomic E-state index is 12.3. The zero-order chi connectivity index (χ0) is 9.14. The fraction of sp³-hybridized carbons (Fsp3) is 0.125. The van der Waals surface area contributed by atoms with Gasteiger partial charge in [0.05, 0.1) is 6.20 Å². The SMILES string of the molecule is CC(=O)C(=O)c1ccc(F)cn1. The second kappa shape index (κ2) is 3.21. The van der Waals surface area contributed by atoms with Crippen molar-refractivity contribution in [1.82, 2.24) is 4.98 Å². The molecule has 0 N–H and O–H groups in total. The van der Waals surface area contributed by atoms with Crippen LogP contribution in [0.4, 0.5) is 4.39 Å². The van der Waals surface area contributed by atoms with Gasteiger partial charge < -0.3 is 0 Å². The van der Waals surface area contributed by atoms with Crippen molar-refractivity contribution in [2.24, 2.45) is 0 Å². The van der Waals surface area contributed by atoms with Crippen LogP contribution in [-0.2, 0) is 4.79 Å². The van der Waals surface area contributed by atoms with Gasteiger partial charge in [0.25, 0.3) is 0 Å². The molecule has 1 heterocycles. The maximum absolute atomic E-state index is 12.3. The number of hydrogen-bond donors (Lipinski definition) is 0. The summed E-state index contributed by atoms with van der Waals surface area (Å²) in [7, 11) is 0. The Bertz CT molecular complexity index is 318. The van der Waals surface area contributed by atoms with E-state index >= 15 is 0 Å². The van der Waals surface area contributed by atoms with Crippen molar-refractivity contribution in [3.63, 3.8) is 0 Å². The zero-order valence-corrected chi connectivity index (χ0v) is 6.37. The van der Waals surface area contributed by atoms with Crippen molar-refractivity contribution in [1.29, 1.82) is 0 Å². The fourth-order valence-electron chi connectivity index (χ4n) is 0.690. The number of nitrogens with zero attached hydrogens (tertiary/aromatic N) is 1. The number of Topliss-reactive ketones (excluding diaryl/α,β-unsaturated/α-hetero) is 2. The number of ketones is 2. The van der Waals surface area contributed by atoms with Crippen LogP contribution in [0, 0.1) is 5.82 Å². The van der Waals surface area contributed by atoms with Crippen LogP contribution in [0.5, 0.6) is 0 Å². The van der Waals surface area contributed by atoms with Gasteiger partial charge in [-0.1, -0.05) is 0 Å². The predicted octanol–water partition coefficient (Wildman–Crippen LogP) is 0.992. The van der Waals surface area contributed by atoms with E-state index in [1.165, 1.54) is 6.07 Å². The van der Waals surface area contributed by atoms with Crippen LogP contribution in [0.3, 0.4) is 0 Å². The molecule has 0 bridgehead atoms. The third kappa shape index (κ3) is 1.72. The number of carbonyl (C=O) groups excluding carboxylic acids is 2. The Labute approximate surface area is 68.2 Å². The predicted molar refractivity (Wildman–Crippen MR) is 39.2 cm³/mol. The van der Waals surface area contributed by atoms with E-state index in [2.05, 4.69) is 4.98 Å². The number of halogens is 1. The van der Waals surface area contributed by atoms with Gasteiger partial charge in [-0.15, -0.1) is 0 Å². The number of pyridine rings is 1. The molecule has 0 amide bonds. The Morgan fingerprint density at radius 3 is 2.50 bits per heavy atom. The first-order valence-corrected chi connectivity index (χ1v) is 3.28. The molecule has 0 radical (unpaired) electrons. The van der Waals surface area contributed by atoms with Crippen molar-refractivity contribution < 1.29 is 14.0 Å². The van der Waals surface area contributed by atoms with E-state index < -0.39 is 17.4 Å². The molecule has 0 fully saturated rings. The molecule has 0 spiro atoms. The normalized spacial score (nSPS) is 9.50. The molecule has 0 aromatic carbocycles. The maximum Gasteiger partial charge on any atom is 0.246 e. The van der Waals surface area contributed by atoms with Crippen molar-refractivity contribution in [2.45, 2.75) is 6.92 Å². The average molecular weight is 167 g/mol. The molecule has 0 unspecified atom stereocenters. The molecule has 62 valence electrons. The van der Waals surface area contributed by atoms with Gasteiger partial charge in [0.15, 0.2) is 0 Å². The summed E-state index contributed by atoms with van der Waals surface area (Å²) < 4.78 is 12.3. The van der Waals surface area contributed by atoms with Gasteiger partial charge in [0.1, 0.15) is 11.5 Å². The summed E-state index contributed by atoms with van der Waals surface area (Å²) in [5.41, 5.74) is -0.0242. The molecule has 1 aromatic heterocycles. The van der Waals surface area contributed by atoms with Crippen molar-refractivity contribution in [2.75, 3.05) is 0 Å². The third-order valence-electron chi connectivity index (χ3n) is 1.28. The molecule has 0 aliphatic rings. The monoisotopic (exact) mass is 167 g/mol. The molecule has 1 rings (SSSR count). The molecule has 0 saturated carbocycles. The summed E-state index contributed by atoms with van der Waals surface area (Å²) in [6, 6.07) is 2.27. The van der Waals surface area contributed by atoms with Crippen molar-refractivity contribution in [3.8, 4) is 0 Å². The number of carbonyl (C=O) groups is 2. The Kier molecular flexibility index (Phi) is 2.28. The van der Waals surface area contributed by atoms with Gasteiger partial charge >= 0.3 is 0 Å². The second-order valence-electron chi connectivity index (χ2n) is 2.25. The van der Waals surface area contributed by atoms with Gasteiger partial charge in [0.2, 0.25) is 11.6 Å². The molecular weight excluding hydrogens is 161 g/mol. The summed E-state index contributed by atoms with van der Waals surface area (Å²) in [6.45, 7) is 1.15. The van der Waals surface area contributed by atoms with E-state index in [-0.39, 0.29) is 5.69 Å². The van der Waals surface area contributed by atoms with E-state index in [0.717, 1.165) is 19.2 Å². The first-order valence-electron chi connectivity index (χ1n) is 3.28. The van der Waals surface area contributed by atoms with Gasteiger partial charge in [-0.3, -0.25) is 9.59 Å². The lowest BCUT2D eigenvalue weighted by molar-refractivity contribution is -0.113. The highest BCUT2D eigenvalue weighted by Crippen LogP contribution is 1.99. The van der Waals surface area contributed by atoms with Gasteiger partial charge in [-0.25, -0.2) is 9.37 Å². The molecule has 0 saturated heterocycles. The van der Waals surface area contributed by atoms with Crippen molar-refractivity contribution >= 4 is 11.6 Å². The average Bonchev–Trinajstić information content (AvgIpc) is 2.04. The Hall–Kier alpha value is -1.58. The molecule has 0 aliphatic carbocycles. The second-order valence-corrected chi connectivity index (χ2v) is 2.25. The lowest BCUT2D eigenvalue weighted by atomic mass is 10.2. The van der Waals surface area contributed by atoms with Crippen LogP contribution in [0.1, 0.15) is 17.4 Å². The fourth-order valence-corrected chi connectivity index (χ4v) is 0.690. The minimum atomic E-state index is -0.699. The lowest BCUT2D eigenvalue weighted by Gasteiger charge is -1.93. The first kappa shape index (κ1) is 8.52. The molecule has 1 aromatic rings. The molecule has 0 aliphatic heterocycles. The summed E-state index contributed by atoms with van der Waals surface area (Å²) in [5, 5.41) is 0. The third-order valence-corrected chi connectivity index (χ3v) is 1.28. The van der Waals surface area contributed by atoms with Crippen LogP contribution in [0.15, 0.2) is 18.3 Å². The minimum Gasteiger partial charge on any atom is -0.291 e. The number of aromatic nitrogens is 1. The quantitative estimate of drug-likeness (QED) is 0.487. The van der Waals surface area contributed by atoms with E-state index in [9.17, 15) is 14.0 Å². The van der Waals surface area contributed by atoms with Crippen LogP contribution in [0.25, 0.3) is 0 Å². The first-order chi connectivity index (χ1) is 5.61. The Morgan fingerprint density at radius 1 is 1.42 bits per heavy atom. The summed E-state index contributed by atoms with van der Waals surface area (Å²) >= 11 is 0. The van der Waals surface area contributed by atoms with Crippen LogP contribution in [-0.4, -0.2) is 16.6 Å². The highest BCUT2D eigenvalue weighted by atomic mass is 19.1. The van der Waals surface area contributed by atoms with E-state index in [4.69, 9.17) is 0 Å². The van der Waals surface area contributed by atoms with Crippen LogP contribution < -0.4 is 0 Å². The van der Waals surface area contributed by atoms with Gasteiger partial charge in [-0.2, -0.15) is 0 Å². The van der Waals surface area contributed by atoms with E-state index in [1.54, 1.807) is 0 Å². The molecule has 4 heteroatoms. The lowest BCUT2D eigenvalue weighted by Crippen LogP contribution is -2.11. The largest absolute Gasteiger partial charge is 0.291 e. The molecular formula is C8H6FNO2.